The van der Waals surface area contributed by atoms with Crippen LogP contribution in [0.5, 0.6) is 0 Å². The van der Waals surface area contributed by atoms with Crippen LogP contribution in [0.2, 0.25) is 0 Å². The lowest BCUT2D eigenvalue weighted by molar-refractivity contribution is -0.137. The fourth-order valence-corrected chi connectivity index (χ4v) is 5.78. The number of rotatable bonds is 8. The topological polar surface area (TPSA) is 63.9 Å². The number of carbonyl (C=O) groups excluding carboxylic acids is 1. The van der Waals surface area contributed by atoms with Gasteiger partial charge in [0, 0.05) is 36.1 Å². The second-order valence-corrected chi connectivity index (χ2v) is 10.6. The molecule has 1 aliphatic carbocycles. The van der Waals surface area contributed by atoms with Crippen molar-refractivity contribution in [2.75, 3.05) is 6.54 Å². The Bertz CT molecular complexity index is 1670. The second kappa shape index (κ2) is 11.8. The summed E-state index contributed by atoms with van der Waals surface area (Å²) in [5.74, 6) is 0.969. The molecule has 0 radical (unpaired) electrons. The van der Waals surface area contributed by atoms with Gasteiger partial charge in [0.05, 0.1) is 18.5 Å². The van der Waals surface area contributed by atoms with Gasteiger partial charge in [-0.15, -0.1) is 0 Å². The summed E-state index contributed by atoms with van der Waals surface area (Å²) in [4.78, 5) is 24.6. The highest BCUT2D eigenvalue weighted by molar-refractivity contribution is 5.90. The number of pyridine rings is 1. The molecule has 1 fully saturated rings. The third kappa shape index (κ3) is 5.91. The summed E-state index contributed by atoms with van der Waals surface area (Å²) in [6.07, 6.45) is 3.31. The lowest BCUT2D eigenvalue weighted by Gasteiger charge is -2.29. The van der Waals surface area contributed by atoms with Crippen molar-refractivity contribution in [3.8, 4) is 22.8 Å². The van der Waals surface area contributed by atoms with Crippen LogP contribution in [0.1, 0.15) is 36.8 Å². The van der Waals surface area contributed by atoms with Crippen LogP contribution >= 0.6 is 0 Å². The Hall–Kier alpha value is -4.53. The summed E-state index contributed by atoms with van der Waals surface area (Å²) in [6, 6.07) is 22.8. The molecule has 42 heavy (non-hydrogen) atoms. The number of fused-ring (bicyclic) bond motifs is 1. The van der Waals surface area contributed by atoms with E-state index >= 15 is 0 Å². The Morgan fingerprint density at radius 2 is 1.60 bits per heavy atom. The Labute approximate surface area is 241 Å². The zero-order valence-corrected chi connectivity index (χ0v) is 23.0. The van der Waals surface area contributed by atoms with E-state index in [4.69, 9.17) is 10.1 Å². The van der Waals surface area contributed by atoms with Gasteiger partial charge in [-0.1, -0.05) is 67.4 Å². The summed E-state index contributed by atoms with van der Waals surface area (Å²) in [6.45, 7) is 0.839. The first-order valence-electron chi connectivity index (χ1n) is 14.2. The van der Waals surface area contributed by atoms with E-state index in [-0.39, 0.29) is 11.9 Å². The van der Waals surface area contributed by atoms with Crippen molar-refractivity contribution in [3.05, 3.63) is 102 Å². The van der Waals surface area contributed by atoms with E-state index < -0.39 is 11.7 Å². The van der Waals surface area contributed by atoms with Crippen molar-refractivity contribution in [1.29, 1.82) is 0 Å². The molecule has 0 saturated heterocycles. The normalized spacial score (nSPS) is 14.0. The number of benzene rings is 3. The van der Waals surface area contributed by atoms with Crippen LogP contribution in [0.3, 0.4) is 0 Å². The van der Waals surface area contributed by atoms with Crippen molar-refractivity contribution in [2.24, 2.45) is 0 Å². The largest absolute Gasteiger partial charge is 0.416 e. The van der Waals surface area contributed by atoms with Crippen LogP contribution < -0.4 is 0 Å². The maximum absolute atomic E-state index is 13.8. The minimum absolute atomic E-state index is 0.0757. The van der Waals surface area contributed by atoms with Crippen LogP contribution in [0.25, 0.3) is 33.5 Å². The average molecular weight is 570 g/mol. The van der Waals surface area contributed by atoms with Gasteiger partial charge in [0.15, 0.2) is 11.6 Å². The second-order valence-electron chi connectivity index (χ2n) is 10.6. The van der Waals surface area contributed by atoms with Crippen LogP contribution in [0.4, 0.5) is 13.2 Å². The molecule has 0 bridgehead atoms. The lowest BCUT2D eigenvalue weighted by Crippen LogP contribution is -2.42. The Morgan fingerprint density at radius 1 is 0.881 bits per heavy atom. The van der Waals surface area contributed by atoms with Gasteiger partial charge in [-0.2, -0.15) is 18.3 Å². The maximum atomic E-state index is 13.8. The van der Waals surface area contributed by atoms with Crippen molar-refractivity contribution in [1.82, 2.24) is 24.6 Å². The number of halogens is 3. The minimum Gasteiger partial charge on any atom is -0.338 e. The first-order valence-corrected chi connectivity index (χ1v) is 14.2. The number of nitrogens with zero attached hydrogens (tertiary/aromatic N) is 5. The smallest absolute Gasteiger partial charge is 0.338 e. The van der Waals surface area contributed by atoms with Gasteiger partial charge in [0.2, 0.25) is 5.91 Å². The SMILES string of the molecule is O=C(Cc1cccc2ccccc12)N(CCn1nc(-c2ccc(C(F)(F)F)cc2)nc1-c1ccncc1)C1CCCC1. The number of hydrogen-bond acceptors (Lipinski definition) is 4. The van der Waals surface area contributed by atoms with Crippen molar-refractivity contribution < 1.29 is 18.0 Å². The van der Waals surface area contributed by atoms with E-state index in [0.717, 1.165) is 59.7 Å². The highest BCUT2D eigenvalue weighted by atomic mass is 19.4. The number of hydrogen-bond donors (Lipinski definition) is 0. The van der Waals surface area contributed by atoms with E-state index in [1.54, 1.807) is 17.1 Å². The van der Waals surface area contributed by atoms with Gasteiger partial charge < -0.3 is 4.90 Å². The lowest BCUT2D eigenvalue weighted by atomic mass is 10.0. The highest BCUT2D eigenvalue weighted by Crippen LogP contribution is 2.31. The van der Waals surface area contributed by atoms with Crippen molar-refractivity contribution in [3.63, 3.8) is 0 Å². The molecule has 6 rings (SSSR count). The predicted octanol–water partition coefficient (Wildman–Crippen LogP) is 7.19. The average Bonchev–Trinajstić information content (AvgIpc) is 3.69. The summed E-state index contributed by atoms with van der Waals surface area (Å²) in [5.41, 5.74) is 1.54. The number of alkyl halides is 3. The van der Waals surface area contributed by atoms with E-state index in [1.165, 1.54) is 12.1 Å². The van der Waals surface area contributed by atoms with E-state index in [2.05, 4.69) is 23.2 Å². The first-order chi connectivity index (χ1) is 20.4. The predicted molar refractivity (Wildman–Crippen MR) is 155 cm³/mol. The molecule has 5 aromatic rings. The van der Waals surface area contributed by atoms with Gasteiger partial charge in [-0.3, -0.25) is 9.78 Å². The molecular weight excluding hydrogens is 539 g/mol. The number of amides is 1. The first kappa shape index (κ1) is 27.6. The maximum Gasteiger partial charge on any atom is 0.416 e. The molecule has 0 atom stereocenters. The molecule has 0 N–H and O–H groups in total. The van der Waals surface area contributed by atoms with E-state index in [1.807, 2.05) is 41.3 Å². The van der Waals surface area contributed by atoms with Crippen LogP contribution in [0.15, 0.2) is 91.3 Å². The summed E-state index contributed by atoms with van der Waals surface area (Å²) in [7, 11) is 0. The zero-order valence-electron chi connectivity index (χ0n) is 23.0. The van der Waals surface area contributed by atoms with Crippen molar-refractivity contribution >= 4 is 16.7 Å². The van der Waals surface area contributed by atoms with Crippen LogP contribution in [0, 0.1) is 0 Å². The third-order valence-electron chi connectivity index (χ3n) is 7.94. The standard InChI is InChI=1S/C33H30F3N5O/c34-33(35,36)27-14-12-24(13-15-27)31-38-32(25-16-18-37-19-17-25)41(39-31)21-20-40(28-9-2-3-10-28)30(42)22-26-8-5-7-23-6-1-4-11-29(23)26/h1,4-8,11-19,28H,2-3,9-10,20-22H2. The van der Waals surface area contributed by atoms with Gasteiger partial charge in [0.1, 0.15) is 0 Å². The molecule has 9 heteroatoms. The molecule has 214 valence electrons. The van der Waals surface area contributed by atoms with Gasteiger partial charge in [-0.25, -0.2) is 9.67 Å². The van der Waals surface area contributed by atoms with Gasteiger partial charge >= 0.3 is 6.18 Å². The van der Waals surface area contributed by atoms with Gasteiger partial charge in [0.25, 0.3) is 0 Å². The van der Waals surface area contributed by atoms with Crippen LogP contribution in [-0.2, 0) is 23.9 Å². The fourth-order valence-electron chi connectivity index (χ4n) is 5.78. The highest BCUT2D eigenvalue weighted by Gasteiger charge is 2.30. The molecule has 2 heterocycles. The molecule has 0 aliphatic heterocycles. The molecular formula is C33H30F3N5O. The fraction of sp³-hybridized carbons (Fsp3) is 0.273. The van der Waals surface area contributed by atoms with E-state index in [0.29, 0.717) is 36.7 Å². The van der Waals surface area contributed by atoms with Gasteiger partial charge in [-0.05, 0) is 53.4 Å². The van der Waals surface area contributed by atoms with E-state index in [9.17, 15) is 18.0 Å². The Morgan fingerprint density at radius 3 is 2.33 bits per heavy atom. The molecule has 1 aliphatic rings. The molecule has 1 saturated carbocycles. The molecule has 0 unspecified atom stereocenters. The monoisotopic (exact) mass is 569 g/mol. The summed E-state index contributed by atoms with van der Waals surface area (Å²) >= 11 is 0. The van der Waals surface area contributed by atoms with Crippen molar-refractivity contribution in [2.45, 2.75) is 50.9 Å². The number of aromatic nitrogens is 4. The molecule has 0 spiro atoms. The summed E-state index contributed by atoms with van der Waals surface area (Å²) in [5, 5.41) is 6.89. The van der Waals surface area contributed by atoms with Crippen LogP contribution in [-0.4, -0.2) is 43.1 Å². The Balaban J connectivity index is 1.28. The Kier molecular flexibility index (Phi) is 7.73. The minimum atomic E-state index is -4.42. The third-order valence-corrected chi connectivity index (χ3v) is 7.94. The summed E-state index contributed by atoms with van der Waals surface area (Å²) < 4.78 is 41.1. The quantitative estimate of drug-likeness (QED) is 0.198. The molecule has 6 nitrogen and oxygen atoms in total. The molecule has 2 aromatic heterocycles. The molecule has 1 amide bonds. The number of carbonyl (C=O) groups is 1. The molecule has 3 aromatic carbocycles. The zero-order chi connectivity index (χ0) is 29.1.